The molecular formula is C48H30N2S2. The van der Waals surface area contributed by atoms with E-state index in [1.807, 2.05) is 22.7 Å². The van der Waals surface area contributed by atoms with Crippen molar-refractivity contribution in [3.8, 4) is 16.8 Å². The molecule has 0 N–H and O–H groups in total. The number of hydrogen-bond acceptors (Lipinski definition) is 3. The van der Waals surface area contributed by atoms with Crippen molar-refractivity contribution in [1.29, 1.82) is 0 Å². The number of thiophene rings is 2. The van der Waals surface area contributed by atoms with Crippen LogP contribution >= 0.6 is 22.7 Å². The van der Waals surface area contributed by atoms with Gasteiger partial charge in [0.15, 0.2) is 0 Å². The minimum absolute atomic E-state index is 1.11. The number of para-hydroxylation sites is 1. The van der Waals surface area contributed by atoms with Crippen LogP contribution in [0, 0.1) is 0 Å². The number of rotatable bonds is 5. The smallest absolute Gasteiger partial charge is 0.0556 e. The van der Waals surface area contributed by atoms with Crippen LogP contribution in [-0.4, -0.2) is 4.57 Å². The maximum atomic E-state index is 2.48. The van der Waals surface area contributed by atoms with Crippen molar-refractivity contribution in [3.63, 3.8) is 0 Å². The highest BCUT2D eigenvalue weighted by molar-refractivity contribution is 7.27. The molecule has 52 heavy (non-hydrogen) atoms. The summed E-state index contributed by atoms with van der Waals surface area (Å²) in [5.41, 5.74) is 9.40. The molecule has 0 atom stereocenters. The molecule has 0 aliphatic rings. The van der Waals surface area contributed by atoms with Gasteiger partial charge in [-0.15, -0.1) is 22.7 Å². The molecule has 0 fully saturated rings. The monoisotopic (exact) mass is 698 g/mol. The summed E-state index contributed by atoms with van der Waals surface area (Å²) in [5, 5.41) is 8.03. The highest BCUT2D eigenvalue weighted by Crippen LogP contribution is 2.48. The Kier molecular flexibility index (Phi) is 6.63. The average molecular weight is 699 g/mol. The molecule has 0 radical (unpaired) electrons. The Labute approximate surface area is 308 Å². The Hall–Kier alpha value is -6.20. The van der Waals surface area contributed by atoms with Gasteiger partial charge in [-0.3, -0.25) is 0 Å². The third-order valence-corrected chi connectivity index (χ3v) is 12.7. The molecule has 0 aliphatic carbocycles. The van der Waals surface area contributed by atoms with E-state index in [2.05, 4.69) is 191 Å². The van der Waals surface area contributed by atoms with E-state index in [0.29, 0.717) is 0 Å². The van der Waals surface area contributed by atoms with Gasteiger partial charge in [-0.2, -0.15) is 0 Å². The molecule has 0 bridgehead atoms. The summed E-state index contributed by atoms with van der Waals surface area (Å²) < 4.78 is 7.83. The third-order valence-electron chi connectivity index (χ3n) is 10.4. The summed E-state index contributed by atoms with van der Waals surface area (Å²) in [7, 11) is 0. The first-order chi connectivity index (χ1) is 25.8. The third kappa shape index (κ3) is 4.48. The first-order valence-corrected chi connectivity index (χ1v) is 19.2. The molecule has 244 valence electrons. The zero-order valence-electron chi connectivity index (χ0n) is 28.0. The van der Waals surface area contributed by atoms with Crippen LogP contribution in [0.5, 0.6) is 0 Å². The minimum Gasteiger partial charge on any atom is -0.311 e. The van der Waals surface area contributed by atoms with Gasteiger partial charge in [0.05, 0.1) is 11.0 Å². The van der Waals surface area contributed by atoms with E-state index >= 15 is 0 Å². The van der Waals surface area contributed by atoms with Gasteiger partial charge in [-0.05, 0) is 90.0 Å². The topological polar surface area (TPSA) is 8.17 Å². The van der Waals surface area contributed by atoms with E-state index in [0.717, 1.165) is 22.7 Å². The average Bonchev–Trinajstić information content (AvgIpc) is 3.89. The van der Waals surface area contributed by atoms with Crippen LogP contribution in [0.4, 0.5) is 17.1 Å². The van der Waals surface area contributed by atoms with Crippen molar-refractivity contribution in [2.75, 3.05) is 4.90 Å². The Morgan fingerprint density at radius 3 is 1.65 bits per heavy atom. The van der Waals surface area contributed by atoms with E-state index in [-0.39, 0.29) is 0 Å². The molecule has 11 rings (SSSR count). The quantitative estimate of drug-likeness (QED) is 0.174. The highest BCUT2D eigenvalue weighted by Gasteiger charge is 2.22. The molecule has 0 amide bonds. The van der Waals surface area contributed by atoms with Gasteiger partial charge in [-0.1, -0.05) is 103 Å². The summed E-state index contributed by atoms with van der Waals surface area (Å²) >= 11 is 3.81. The predicted molar refractivity (Wildman–Crippen MR) is 227 cm³/mol. The van der Waals surface area contributed by atoms with E-state index in [4.69, 9.17) is 0 Å². The van der Waals surface area contributed by atoms with Crippen LogP contribution in [0.1, 0.15) is 0 Å². The molecule has 0 saturated heterocycles. The molecule has 8 aromatic carbocycles. The van der Waals surface area contributed by atoms with Crippen molar-refractivity contribution < 1.29 is 0 Å². The molecule has 0 saturated carbocycles. The number of benzene rings is 8. The van der Waals surface area contributed by atoms with Crippen LogP contribution in [0.2, 0.25) is 0 Å². The second-order valence-electron chi connectivity index (χ2n) is 13.3. The number of hydrogen-bond donors (Lipinski definition) is 0. The van der Waals surface area contributed by atoms with Gasteiger partial charge >= 0.3 is 0 Å². The van der Waals surface area contributed by atoms with Crippen LogP contribution < -0.4 is 4.90 Å². The Balaban J connectivity index is 1.12. The molecule has 2 nitrogen and oxygen atoms in total. The largest absolute Gasteiger partial charge is 0.311 e. The van der Waals surface area contributed by atoms with Crippen molar-refractivity contribution in [1.82, 2.24) is 4.57 Å². The lowest BCUT2D eigenvalue weighted by Gasteiger charge is -2.26. The standard InChI is InChI=1S/C48H30N2S2/c1-3-11-31(12-4-1)32-19-21-34(22-20-32)49(33-13-5-2-6-14-33)35-23-25-36(26-24-35)50-40-29-30-44-45(39-16-8-10-18-43(39)51-44)46(40)47-41(50)28-27-38-37-15-7-9-17-42(37)52-48(38)47/h1-30H. The Morgan fingerprint density at radius 1 is 0.346 bits per heavy atom. The van der Waals surface area contributed by atoms with Gasteiger partial charge in [0, 0.05) is 73.9 Å². The number of nitrogens with zero attached hydrogens (tertiary/aromatic N) is 2. The minimum atomic E-state index is 1.11. The molecule has 0 spiro atoms. The van der Waals surface area contributed by atoms with Crippen LogP contribution in [-0.2, 0) is 0 Å². The van der Waals surface area contributed by atoms with E-state index < -0.39 is 0 Å². The molecule has 3 heterocycles. The maximum Gasteiger partial charge on any atom is 0.0556 e. The Morgan fingerprint density at radius 2 is 0.904 bits per heavy atom. The highest BCUT2D eigenvalue weighted by atomic mass is 32.1. The van der Waals surface area contributed by atoms with Gasteiger partial charge in [0.2, 0.25) is 0 Å². The molecule has 0 unspecified atom stereocenters. The van der Waals surface area contributed by atoms with Gasteiger partial charge in [0.25, 0.3) is 0 Å². The van der Waals surface area contributed by atoms with Gasteiger partial charge in [0.1, 0.15) is 0 Å². The zero-order chi connectivity index (χ0) is 34.2. The van der Waals surface area contributed by atoms with E-state index in [1.165, 1.54) is 73.3 Å². The molecule has 0 aliphatic heterocycles. The summed E-state index contributed by atoms with van der Waals surface area (Å²) in [4.78, 5) is 2.34. The summed E-state index contributed by atoms with van der Waals surface area (Å²) in [6, 6.07) is 66.3. The van der Waals surface area contributed by atoms with Gasteiger partial charge in [-0.25, -0.2) is 0 Å². The second-order valence-corrected chi connectivity index (χ2v) is 15.4. The normalized spacial score (nSPS) is 11.8. The fraction of sp³-hybridized carbons (Fsp3) is 0. The van der Waals surface area contributed by atoms with Gasteiger partial charge < -0.3 is 9.47 Å². The van der Waals surface area contributed by atoms with Crippen molar-refractivity contribution in [2.45, 2.75) is 0 Å². The summed E-state index contributed by atoms with van der Waals surface area (Å²) in [6.07, 6.45) is 0. The lowest BCUT2D eigenvalue weighted by Crippen LogP contribution is -2.10. The lowest BCUT2D eigenvalue weighted by molar-refractivity contribution is 1.18. The van der Waals surface area contributed by atoms with E-state index in [9.17, 15) is 0 Å². The molecule has 4 heteroatoms. The molecule has 3 aromatic heterocycles. The van der Waals surface area contributed by atoms with E-state index in [1.54, 1.807) is 0 Å². The number of fused-ring (bicyclic) bond motifs is 11. The predicted octanol–water partition coefficient (Wildman–Crippen LogP) is 14.7. The lowest BCUT2D eigenvalue weighted by atomic mass is 10.0. The summed E-state index contributed by atoms with van der Waals surface area (Å²) in [5.74, 6) is 0. The second kappa shape index (κ2) is 11.7. The molecular weight excluding hydrogens is 669 g/mol. The van der Waals surface area contributed by atoms with Crippen LogP contribution in [0.25, 0.3) is 79.0 Å². The zero-order valence-corrected chi connectivity index (χ0v) is 29.7. The SMILES string of the molecule is c1ccc(-c2ccc(N(c3ccccc3)c3ccc(-n4c5ccc6c7ccccc7sc6c5c5c6c(ccc54)sc4ccccc46)cc3)cc2)cc1. The van der Waals surface area contributed by atoms with Crippen molar-refractivity contribution in [2.24, 2.45) is 0 Å². The fourth-order valence-electron chi connectivity index (χ4n) is 8.07. The van der Waals surface area contributed by atoms with Crippen LogP contribution in [0.3, 0.4) is 0 Å². The van der Waals surface area contributed by atoms with Crippen LogP contribution in [0.15, 0.2) is 182 Å². The number of anilines is 3. The van der Waals surface area contributed by atoms with Crippen molar-refractivity contribution in [3.05, 3.63) is 182 Å². The molecule has 11 aromatic rings. The summed E-state index contributed by atoms with van der Waals surface area (Å²) in [6.45, 7) is 0. The Bertz CT molecular complexity index is 3100. The number of aromatic nitrogens is 1. The van der Waals surface area contributed by atoms with Crippen molar-refractivity contribution >= 4 is 102 Å². The first kappa shape index (κ1) is 29.5. The first-order valence-electron chi connectivity index (χ1n) is 17.6. The maximum absolute atomic E-state index is 2.48. The fourth-order valence-corrected chi connectivity index (χ4v) is 10.4.